The maximum Gasteiger partial charge on any atom is 0.262 e. The van der Waals surface area contributed by atoms with E-state index in [-0.39, 0.29) is 10.8 Å². The van der Waals surface area contributed by atoms with Gasteiger partial charge in [0.25, 0.3) is 10.0 Å². The molecule has 3 aromatic rings. The highest BCUT2D eigenvalue weighted by Crippen LogP contribution is 2.32. The highest BCUT2D eigenvalue weighted by atomic mass is 32.2. The highest BCUT2D eigenvalue weighted by Gasteiger charge is 2.25. The summed E-state index contributed by atoms with van der Waals surface area (Å²) < 4.78 is 41.4. The van der Waals surface area contributed by atoms with E-state index in [0.717, 1.165) is 22.9 Å². The lowest BCUT2D eigenvalue weighted by atomic mass is 10.00. The molecular formula is C23H21FN2O3S. The number of hydrogen-bond donors (Lipinski definition) is 1. The van der Waals surface area contributed by atoms with Crippen molar-refractivity contribution in [3.63, 3.8) is 0 Å². The molecule has 7 heteroatoms. The van der Waals surface area contributed by atoms with Crippen LogP contribution in [0, 0.1) is 12.7 Å². The third-order valence-corrected chi connectivity index (χ3v) is 6.68. The van der Waals surface area contributed by atoms with Gasteiger partial charge in [0.1, 0.15) is 5.82 Å². The van der Waals surface area contributed by atoms with Crippen LogP contribution in [0.4, 0.5) is 15.8 Å². The standard InChI is InChI=1S/C23H21FN2O3S/c1-16-13-19(24)8-11-22(16)30(28,29)25-20-9-10-21-18(14-20)7-12-23(27)26(21)15-17-5-3-2-4-6-17/h2-6,8-11,13-14,25H,7,12,15H2,1H3. The number of benzene rings is 3. The Morgan fingerprint density at radius 2 is 1.77 bits per heavy atom. The monoisotopic (exact) mass is 424 g/mol. The van der Waals surface area contributed by atoms with Gasteiger partial charge in [-0.3, -0.25) is 9.52 Å². The van der Waals surface area contributed by atoms with Gasteiger partial charge in [-0.1, -0.05) is 30.3 Å². The molecule has 0 saturated heterocycles. The topological polar surface area (TPSA) is 66.5 Å². The fraction of sp³-hybridized carbons (Fsp3) is 0.174. The molecule has 0 spiro atoms. The van der Waals surface area contributed by atoms with Gasteiger partial charge in [0.05, 0.1) is 11.4 Å². The van der Waals surface area contributed by atoms with Crippen molar-refractivity contribution in [2.75, 3.05) is 9.62 Å². The van der Waals surface area contributed by atoms with Crippen LogP contribution in [0.15, 0.2) is 71.6 Å². The number of carbonyl (C=O) groups is 1. The van der Waals surface area contributed by atoms with Gasteiger partial charge < -0.3 is 4.90 Å². The van der Waals surface area contributed by atoms with E-state index >= 15 is 0 Å². The fourth-order valence-corrected chi connectivity index (χ4v) is 4.96. The molecule has 30 heavy (non-hydrogen) atoms. The smallest absolute Gasteiger partial charge is 0.262 e. The first-order chi connectivity index (χ1) is 14.3. The molecule has 1 amide bonds. The highest BCUT2D eigenvalue weighted by molar-refractivity contribution is 7.92. The summed E-state index contributed by atoms with van der Waals surface area (Å²) in [5.74, 6) is -0.440. The van der Waals surface area contributed by atoms with Crippen molar-refractivity contribution < 1.29 is 17.6 Å². The van der Waals surface area contributed by atoms with Gasteiger partial charge in [-0.2, -0.15) is 0 Å². The Morgan fingerprint density at radius 1 is 1.00 bits per heavy atom. The van der Waals surface area contributed by atoms with E-state index in [1.54, 1.807) is 30.0 Å². The van der Waals surface area contributed by atoms with Crippen molar-refractivity contribution in [1.29, 1.82) is 0 Å². The number of nitrogens with zero attached hydrogens (tertiary/aromatic N) is 1. The van der Waals surface area contributed by atoms with Gasteiger partial charge >= 0.3 is 0 Å². The maximum absolute atomic E-state index is 13.3. The zero-order chi connectivity index (χ0) is 21.3. The average molecular weight is 424 g/mol. The molecule has 154 valence electrons. The number of sulfonamides is 1. The van der Waals surface area contributed by atoms with Crippen molar-refractivity contribution >= 4 is 27.3 Å². The minimum atomic E-state index is -3.86. The molecule has 0 aromatic heterocycles. The number of aryl methyl sites for hydroxylation is 2. The second-order valence-electron chi connectivity index (χ2n) is 7.32. The molecule has 0 unspecified atom stereocenters. The molecule has 0 bridgehead atoms. The first kappa shape index (κ1) is 20.1. The molecule has 5 nitrogen and oxygen atoms in total. The lowest BCUT2D eigenvalue weighted by Crippen LogP contribution is -2.34. The number of halogens is 1. The Bertz CT molecular complexity index is 1210. The van der Waals surface area contributed by atoms with Crippen molar-refractivity contribution in [1.82, 2.24) is 0 Å². The second kappa shape index (κ2) is 7.91. The van der Waals surface area contributed by atoms with E-state index in [4.69, 9.17) is 0 Å². The summed E-state index contributed by atoms with van der Waals surface area (Å²) in [6.45, 7) is 2.02. The molecule has 1 aliphatic heterocycles. The Labute approximate surface area is 175 Å². The number of amides is 1. The molecule has 1 N–H and O–H groups in total. The lowest BCUT2D eigenvalue weighted by Gasteiger charge is -2.30. The predicted molar refractivity (Wildman–Crippen MR) is 114 cm³/mol. The zero-order valence-corrected chi connectivity index (χ0v) is 17.2. The number of rotatable bonds is 5. The van der Waals surface area contributed by atoms with Gasteiger partial charge in [0.15, 0.2) is 0 Å². The van der Waals surface area contributed by atoms with Crippen LogP contribution >= 0.6 is 0 Å². The molecule has 1 aliphatic rings. The van der Waals surface area contributed by atoms with Crippen molar-refractivity contribution in [2.24, 2.45) is 0 Å². The van der Waals surface area contributed by atoms with Crippen LogP contribution in [0.2, 0.25) is 0 Å². The predicted octanol–water partition coefficient (Wildman–Crippen LogP) is 4.41. The van der Waals surface area contributed by atoms with E-state index in [1.807, 2.05) is 30.3 Å². The molecule has 0 fully saturated rings. The summed E-state index contributed by atoms with van der Waals surface area (Å²) in [4.78, 5) is 14.3. The van der Waals surface area contributed by atoms with Crippen LogP contribution in [0.5, 0.6) is 0 Å². The second-order valence-corrected chi connectivity index (χ2v) is 8.98. The minimum absolute atomic E-state index is 0.0301. The Kier molecular flexibility index (Phi) is 5.30. The summed E-state index contributed by atoms with van der Waals surface area (Å²) in [7, 11) is -3.86. The maximum atomic E-state index is 13.3. The normalized spacial score (nSPS) is 13.8. The Balaban J connectivity index is 1.61. The summed E-state index contributed by atoms with van der Waals surface area (Å²) >= 11 is 0. The van der Waals surface area contributed by atoms with Gasteiger partial charge in [-0.15, -0.1) is 0 Å². The summed E-state index contributed by atoms with van der Waals surface area (Å²) in [5, 5.41) is 0. The molecule has 1 heterocycles. The van der Waals surface area contributed by atoms with Crippen molar-refractivity contribution in [3.05, 3.63) is 89.2 Å². The lowest BCUT2D eigenvalue weighted by molar-refractivity contribution is -0.119. The van der Waals surface area contributed by atoms with Crippen molar-refractivity contribution in [2.45, 2.75) is 31.2 Å². The van der Waals surface area contributed by atoms with E-state index in [9.17, 15) is 17.6 Å². The average Bonchev–Trinajstić information content (AvgIpc) is 2.70. The van der Waals surface area contributed by atoms with E-state index in [2.05, 4.69) is 4.72 Å². The zero-order valence-electron chi connectivity index (χ0n) is 16.4. The summed E-state index contributed by atoms with van der Waals surface area (Å²) in [6.07, 6.45) is 0.914. The van der Waals surface area contributed by atoms with Gasteiger partial charge in [-0.25, -0.2) is 12.8 Å². The largest absolute Gasteiger partial charge is 0.308 e. The SMILES string of the molecule is Cc1cc(F)ccc1S(=O)(=O)Nc1ccc2c(c1)CCC(=O)N2Cc1ccccc1. The molecule has 4 rings (SSSR count). The van der Waals surface area contributed by atoms with Crippen LogP contribution in [0.1, 0.15) is 23.1 Å². The number of hydrogen-bond acceptors (Lipinski definition) is 3. The van der Waals surface area contributed by atoms with Gasteiger partial charge in [0, 0.05) is 17.8 Å². The van der Waals surface area contributed by atoms with Crippen LogP contribution in [-0.2, 0) is 27.8 Å². The molecule has 0 aliphatic carbocycles. The Morgan fingerprint density at radius 3 is 2.50 bits per heavy atom. The molecule has 3 aromatic carbocycles. The van der Waals surface area contributed by atoms with Crippen LogP contribution < -0.4 is 9.62 Å². The summed E-state index contributed by atoms with van der Waals surface area (Å²) in [6, 6.07) is 18.5. The molecule has 0 radical (unpaired) electrons. The van der Waals surface area contributed by atoms with E-state index < -0.39 is 15.8 Å². The Hall–Kier alpha value is -3.19. The van der Waals surface area contributed by atoms with Crippen LogP contribution in [0.25, 0.3) is 0 Å². The van der Waals surface area contributed by atoms with Gasteiger partial charge in [-0.05, 0) is 66.4 Å². The number of fused-ring (bicyclic) bond motifs is 1. The third-order valence-electron chi connectivity index (χ3n) is 5.14. The first-order valence-corrected chi connectivity index (χ1v) is 11.1. The minimum Gasteiger partial charge on any atom is -0.308 e. The molecular weight excluding hydrogens is 403 g/mol. The first-order valence-electron chi connectivity index (χ1n) is 9.60. The number of carbonyl (C=O) groups excluding carboxylic acids is 1. The van der Waals surface area contributed by atoms with Gasteiger partial charge in [0.2, 0.25) is 5.91 Å². The third kappa shape index (κ3) is 4.07. The van der Waals surface area contributed by atoms with E-state index in [1.165, 1.54) is 12.1 Å². The number of anilines is 2. The quantitative estimate of drug-likeness (QED) is 0.660. The van der Waals surface area contributed by atoms with Crippen LogP contribution in [-0.4, -0.2) is 14.3 Å². The van der Waals surface area contributed by atoms with Crippen LogP contribution in [0.3, 0.4) is 0 Å². The molecule has 0 atom stereocenters. The van der Waals surface area contributed by atoms with E-state index in [0.29, 0.717) is 30.6 Å². The number of nitrogens with one attached hydrogen (secondary N) is 1. The molecule has 0 saturated carbocycles. The summed E-state index contributed by atoms with van der Waals surface area (Å²) in [5.41, 5.74) is 3.46. The van der Waals surface area contributed by atoms with Crippen molar-refractivity contribution in [3.8, 4) is 0 Å². The fourth-order valence-electron chi connectivity index (χ4n) is 3.69.